The molecule has 21 nitrogen and oxygen atoms in total. The van der Waals surface area contributed by atoms with E-state index in [4.69, 9.17) is 25.3 Å². The third-order valence-electron chi connectivity index (χ3n) is 13.7. The van der Waals surface area contributed by atoms with E-state index in [0.29, 0.717) is 0 Å². The van der Waals surface area contributed by atoms with Gasteiger partial charge in [-0.15, -0.1) is 0 Å². The van der Waals surface area contributed by atoms with Gasteiger partial charge in [0.25, 0.3) is 5.91 Å². The van der Waals surface area contributed by atoms with Crippen LogP contribution in [-0.4, -0.2) is 109 Å². The molecular weight excluding hydrogens is 981 g/mol. The number of nitrogens with two attached hydrogens (primary N) is 2. The van der Waals surface area contributed by atoms with Crippen LogP contribution >= 0.6 is 27.4 Å². The Morgan fingerprint density at radius 1 is 1.06 bits per heavy atom. The second-order valence-electron chi connectivity index (χ2n) is 18.3. The van der Waals surface area contributed by atoms with Gasteiger partial charge in [0, 0.05) is 41.8 Å². The number of alkyl halides is 3. The molecule has 2 unspecified atom stereocenters. The third-order valence-corrected chi connectivity index (χ3v) is 17.0. The number of hydrogen-bond acceptors (Lipinski definition) is 16. The highest BCUT2D eigenvalue weighted by atomic mass is 32.2. The van der Waals surface area contributed by atoms with Crippen molar-refractivity contribution in [3.8, 4) is 0 Å². The fourth-order valence-corrected chi connectivity index (χ4v) is 13.0. The van der Waals surface area contributed by atoms with E-state index in [-0.39, 0.29) is 53.9 Å². The molecular formula is C42H58F3N5O16P2S. The lowest BCUT2D eigenvalue weighted by Gasteiger charge is -2.63. The van der Waals surface area contributed by atoms with Gasteiger partial charge in [-0.05, 0) is 91.6 Å². The third kappa shape index (κ3) is 11.1. The van der Waals surface area contributed by atoms with Crippen LogP contribution < -0.4 is 27.4 Å². The largest absolute Gasteiger partial charge is 0.481 e. The van der Waals surface area contributed by atoms with Gasteiger partial charge in [-0.3, -0.25) is 33.0 Å². The average Bonchev–Trinajstić information content (AvgIpc) is 3.48. The van der Waals surface area contributed by atoms with Crippen LogP contribution in [0.15, 0.2) is 48.1 Å². The van der Waals surface area contributed by atoms with E-state index in [9.17, 15) is 62.3 Å². The molecule has 0 aliphatic heterocycles. The number of aliphatic hydroxyl groups is 2. The van der Waals surface area contributed by atoms with Crippen LogP contribution in [-0.2, 0) is 57.8 Å². The lowest BCUT2D eigenvalue weighted by atomic mass is 9.44. The Balaban J connectivity index is 1.38. The van der Waals surface area contributed by atoms with Crippen LogP contribution in [0, 0.1) is 28.6 Å². The molecule has 0 bridgehead atoms. The van der Waals surface area contributed by atoms with Crippen molar-refractivity contribution in [3.05, 3.63) is 53.6 Å². The molecule has 0 heterocycles. The van der Waals surface area contributed by atoms with Gasteiger partial charge in [-0.1, -0.05) is 45.9 Å². The van der Waals surface area contributed by atoms with Gasteiger partial charge < -0.3 is 52.2 Å². The van der Waals surface area contributed by atoms with Crippen LogP contribution in [0.25, 0.3) is 0 Å². The first-order chi connectivity index (χ1) is 32.0. The summed E-state index contributed by atoms with van der Waals surface area (Å²) >= 11 is 0.0372. The topological polar surface area (TPSA) is 343 Å². The SMILES string of the molecule is CCC(=O)O[C@]1(C(=O)SCF)[C@H](O)C[C@H]2[C@@H]3C[C@H](F)C4=CC(=O)C=C[C@]4(C)[C@@]3(F)[C@@H](OP(=O)(O)OP(=O)(O)OCc3ccc(NC(=O)[C@@](O)(CCCNC(N)=O)NC(=O)[C@@H](N)C(C)C)cc3)C[C@@]21C. The van der Waals surface area contributed by atoms with Crippen molar-refractivity contribution >= 4 is 67.8 Å². The number of phosphoric ester groups is 2. The molecule has 0 spiro atoms. The number of fused-ring (bicyclic) bond motifs is 5. The van der Waals surface area contributed by atoms with Gasteiger partial charge >= 0.3 is 27.6 Å². The molecule has 0 saturated heterocycles. The Bertz CT molecular complexity index is 2350. The van der Waals surface area contributed by atoms with Crippen LogP contribution in [0.5, 0.6) is 0 Å². The van der Waals surface area contributed by atoms with Crippen LogP contribution in [0.2, 0.25) is 0 Å². The minimum absolute atomic E-state index is 0.0231. The summed E-state index contributed by atoms with van der Waals surface area (Å²) < 4.78 is 96.7. The number of thioether (sulfide) groups is 1. The number of rotatable bonds is 20. The number of ether oxygens (including phenoxy) is 1. The number of carbonyl (C=O) groups excluding carboxylic acids is 6. The lowest BCUT2D eigenvalue weighted by Crippen LogP contribution is -2.71. The molecule has 3 saturated carbocycles. The Kier molecular flexibility index (Phi) is 17.0. The lowest BCUT2D eigenvalue weighted by molar-refractivity contribution is -0.228. The Morgan fingerprint density at radius 3 is 2.30 bits per heavy atom. The number of halogens is 3. The summed E-state index contributed by atoms with van der Waals surface area (Å²) in [5.74, 6) is -6.98. The molecule has 384 valence electrons. The minimum atomic E-state index is -6.02. The molecule has 3 fully saturated rings. The highest BCUT2D eigenvalue weighted by Crippen LogP contribution is 2.73. The van der Waals surface area contributed by atoms with Crippen LogP contribution in [0.1, 0.15) is 78.7 Å². The van der Waals surface area contributed by atoms with Crippen molar-refractivity contribution in [2.75, 3.05) is 17.9 Å². The molecule has 4 aliphatic rings. The normalized spacial score (nSPS) is 32.4. The zero-order chi connectivity index (χ0) is 51.7. The molecule has 27 heteroatoms. The number of anilines is 1. The zero-order valence-corrected chi connectivity index (χ0v) is 40.8. The van der Waals surface area contributed by atoms with Gasteiger partial charge in [-0.25, -0.2) is 27.1 Å². The molecule has 69 heavy (non-hydrogen) atoms. The molecule has 4 aliphatic carbocycles. The quantitative estimate of drug-likeness (QED) is 0.0388. The predicted octanol–water partition coefficient (Wildman–Crippen LogP) is 3.79. The number of benzene rings is 1. The molecule has 1 aromatic carbocycles. The maximum atomic E-state index is 18.7. The number of aliphatic hydroxyl groups excluding tert-OH is 1. The summed E-state index contributed by atoms with van der Waals surface area (Å²) in [4.78, 5) is 98.3. The number of carbonyl (C=O) groups is 6. The number of allylic oxidation sites excluding steroid dienone is 4. The van der Waals surface area contributed by atoms with Crippen molar-refractivity contribution in [1.29, 1.82) is 0 Å². The maximum absolute atomic E-state index is 18.7. The number of nitrogens with one attached hydrogen (secondary N) is 3. The Hall–Kier alpha value is -4.00. The van der Waals surface area contributed by atoms with Gasteiger partial charge in [-0.2, -0.15) is 4.31 Å². The van der Waals surface area contributed by atoms with Crippen molar-refractivity contribution in [2.24, 2.45) is 40.1 Å². The van der Waals surface area contributed by atoms with E-state index in [1.54, 1.807) is 13.8 Å². The molecule has 1 aromatic rings. The van der Waals surface area contributed by atoms with E-state index in [2.05, 4.69) is 20.3 Å². The number of esters is 1. The van der Waals surface area contributed by atoms with Crippen molar-refractivity contribution in [2.45, 2.75) is 121 Å². The predicted molar refractivity (Wildman–Crippen MR) is 240 cm³/mol. The number of phosphoric acid groups is 2. The smallest absolute Gasteiger partial charge is 0.447 e. The molecule has 13 atom stereocenters. The fraction of sp³-hybridized carbons (Fsp3) is 0.619. The second-order valence-corrected chi connectivity index (χ2v) is 22.1. The standard InChI is InChI=1S/C42H58F3N5O16P2S/c1-6-32(53)64-42(36(56)69-21-43)30(52)18-26-27-17-29(44)28-16-25(51)12-14-38(28,4)41(27,45)31(19-39(26,42)5)65-68(61,62)66-67(59,60)63-20-23-8-10-24(11-9-23)49-35(55)40(58,13-7-15-48-37(47)57)50-34(54)33(46)22(2)3/h8-12,14,16,22,26-27,29-31,33,52,58H,6-7,13,15,17-21,46H2,1-5H3,(H,49,55)(H,50,54)(H,59,60)(H,61,62)(H3,47,48,57)/t26-,27-,29-,30+,31-,33-,38-,39-,40-,41-,42-/m0/s1. The number of urea groups is 1. The number of hydrogen-bond donors (Lipinski definition) is 9. The first-order valence-corrected chi connectivity index (χ1v) is 25.8. The van der Waals surface area contributed by atoms with Gasteiger partial charge in [0.15, 0.2) is 11.5 Å². The van der Waals surface area contributed by atoms with E-state index >= 15 is 8.78 Å². The number of primary amides is 1. The summed E-state index contributed by atoms with van der Waals surface area (Å²) in [6.07, 6.45) is -6.30. The van der Waals surface area contributed by atoms with Crippen molar-refractivity contribution in [1.82, 2.24) is 10.6 Å². The van der Waals surface area contributed by atoms with Crippen molar-refractivity contribution < 1.29 is 89.2 Å². The van der Waals surface area contributed by atoms with E-state index in [1.807, 2.05) is 0 Å². The van der Waals surface area contributed by atoms with E-state index in [1.165, 1.54) is 45.0 Å². The molecule has 0 radical (unpaired) electrons. The Morgan fingerprint density at radius 2 is 1.71 bits per heavy atom. The fourth-order valence-electron chi connectivity index (χ4n) is 10.1. The van der Waals surface area contributed by atoms with Gasteiger partial charge in [0.05, 0.1) is 12.6 Å². The zero-order valence-electron chi connectivity index (χ0n) is 38.2. The monoisotopic (exact) mass is 1040 g/mol. The van der Waals surface area contributed by atoms with Crippen molar-refractivity contribution in [3.63, 3.8) is 0 Å². The molecule has 4 amide bonds. The first kappa shape index (κ1) is 55.9. The minimum Gasteiger partial charge on any atom is -0.447 e. The summed E-state index contributed by atoms with van der Waals surface area (Å²) in [7, 11) is -11.7. The summed E-state index contributed by atoms with van der Waals surface area (Å²) in [6, 6.07) is 1.70. The molecule has 11 N–H and O–H groups in total. The number of amides is 4. The Labute approximate surface area is 399 Å². The van der Waals surface area contributed by atoms with E-state index in [0.717, 1.165) is 18.2 Å². The highest BCUT2D eigenvalue weighted by molar-refractivity contribution is 8.13. The van der Waals surface area contributed by atoms with E-state index < -0.39 is 153 Å². The number of ketones is 1. The van der Waals surface area contributed by atoms with Gasteiger partial charge in [0.2, 0.25) is 22.3 Å². The second kappa shape index (κ2) is 21.0. The first-order valence-electron chi connectivity index (χ1n) is 21.8. The summed E-state index contributed by atoms with van der Waals surface area (Å²) in [6.45, 7) is 6.25. The van der Waals surface area contributed by atoms with Crippen LogP contribution in [0.4, 0.5) is 23.7 Å². The average molecular weight is 1040 g/mol. The molecule has 0 aromatic heterocycles. The van der Waals surface area contributed by atoms with Gasteiger partial charge in [0.1, 0.15) is 24.4 Å². The maximum Gasteiger partial charge on any atom is 0.481 e. The van der Waals surface area contributed by atoms with Crippen LogP contribution in [0.3, 0.4) is 0 Å². The summed E-state index contributed by atoms with van der Waals surface area (Å²) in [5, 5.41) is 28.6. The summed E-state index contributed by atoms with van der Waals surface area (Å²) in [5.41, 5.74) is -1.60. The highest BCUT2D eigenvalue weighted by Gasteiger charge is 2.80. The molecule has 5 rings (SSSR count).